The van der Waals surface area contributed by atoms with Crippen LogP contribution in [0.4, 0.5) is 16.0 Å². The van der Waals surface area contributed by atoms with Crippen molar-refractivity contribution in [1.82, 2.24) is 9.97 Å². The van der Waals surface area contributed by atoms with Crippen LogP contribution >= 0.6 is 23.2 Å². The molecular weight excluding hydrogens is 288 g/mol. The molecule has 0 saturated carbocycles. The maximum absolute atomic E-state index is 13.1. The van der Waals surface area contributed by atoms with E-state index in [4.69, 9.17) is 23.2 Å². The van der Waals surface area contributed by atoms with Crippen molar-refractivity contribution < 1.29 is 4.39 Å². The Balaban J connectivity index is 1.94. The van der Waals surface area contributed by atoms with Crippen LogP contribution in [0.3, 0.4) is 0 Å². The van der Waals surface area contributed by atoms with Crippen LogP contribution in [0.15, 0.2) is 36.4 Å². The van der Waals surface area contributed by atoms with E-state index in [0.717, 1.165) is 5.69 Å². The van der Waals surface area contributed by atoms with Gasteiger partial charge in [0, 0.05) is 5.69 Å². The largest absolute Gasteiger partial charge is 0.326 e. The molecule has 0 radical (unpaired) electrons. The number of benzene rings is 2. The van der Waals surface area contributed by atoms with Crippen molar-refractivity contribution in [3.05, 3.63) is 52.3 Å². The molecule has 96 valence electrons. The first kappa shape index (κ1) is 12.3. The zero-order valence-corrected chi connectivity index (χ0v) is 11.1. The SMILES string of the molecule is Fc1ccc2nc(Nc3ccc(Cl)c(Cl)c3)[nH]c2c1. The van der Waals surface area contributed by atoms with E-state index < -0.39 is 0 Å². The van der Waals surface area contributed by atoms with Crippen LogP contribution in [-0.4, -0.2) is 9.97 Å². The Kier molecular flexibility index (Phi) is 3.05. The summed E-state index contributed by atoms with van der Waals surface area (Å²) in [4.78, 5) is 7.27. The van der Waals surface area contributed by atoms with E-state index in [-0.39, 0.29) is 5.82 Å². The zero-order valence-electron chi connectivity index (χ0n) is 9.55. The standard InChI is InChI=1S/C13H8Cl2FN3/c14-9-3-2-8(6-10(9)15)17-13-18-11-4-1-7(16)5-12(11)19-13/h1-6H,(H2,17,18,19). The molecule has 0 aliphatic rings. The van der Waals surface area contributed by atoms with Gasteiger partial charge in [-0.1, -0.05) is 23.2 Å². The number of hydrogen-bond acceptors (Lipinski definition) is 2. The number of imidazole rings is 1. The average Bonchev–Trinajstić information content (AvgIpc) is 2.75. The number of hydrogen-bond donors (Lipinski definition) is 2. The van der Waals surface area contributed by atoms with Crippen LogP contribution < -0.4 is 5.32 Å². The monoisotopic (exact) mass is 295 g/mol. The summed E-state index contributed by atoms with van der Waals surface area (Å²) in [5.41, 5.74) is 2.06. The molecule has 0 unspecified atom stereocenters. The number of aromatic amines is 1. The van der Waals surface area contributed by atoms with E-state index in [1.54, 1.807) is 24.3 Å². The highest BCUT2D eigenvalue weighted by Crippen LogP contribution is 2.27. The molecular formula is C13H8Cl2FN3. The molecule has 1 aromatic heterocycles. The Morgan fingerprint density at radius 3 is 2.68 bits per heavy atom. The minimum atomic E-state index is -0.308. The second-order valence-corrected chi connectivity index (χ2v) is 4.82. The van der Waals surface area contributed by atoms with Crippen LogP contribution in [0.1, 0.15) is 0 Å². The fourth-order valence-electron chi connectivity index (χ4n) is 1.75. The zero-order chi connectivity index (χ0) is 13.4. The second kappa shape index (κ2) is 4.72. The van der Waals surface area contributed by atoms with Crippen molar-refractivity contribution >= 4 is 45.9 Å². The molecule has 3 aromatic rings. The number of H-pyrrole nitrogens is 1. The number of nitrogens with one attached hydrogen (secondary N) is 2. The number of aromatic nitrogens is 2. The van der Waals surface area contributed by atoms with Gasteiger partial charge in [0.2, 0.25) is 5.95 Å². The molecule has 0 saturated heterocycles. The Labute approximate surface area is 118 Å². The lowest BCUT2D eigenvalue weighted by molar-refractivity contribution is 0.629. The van der Waals surface area contributed by atoms with Gasteiger partial charge in [-0.05, 0) is 36.4 Å². The van der Waals surface area contributed by atoms with Crippen LogP contribution in [0.25, 0.3) is 11.0 Å². The maximum Gasteiger partial charge on any atom is 0.205 e. The second-order valence-electron chi connectivity index (χ2n) is 4.00. The molecule has 6 heteroatoms. The Morgan fingerprint density at radius 2 is 1.89 bits per heavy atom. The average molecular weight is 296 g/mol. The maximum atomic E-state index is 13.1. The molecule has 0 aliphatic heterocycles. The van der Waals surface area contributed by atoms with Gasteiger partial charge in [0.1, 0.15) is 5.82 Å². The van der Waals surface area contributed by atoms with E-state index in [2.05, 4.69) is 15.3 Å². The Hall–Kier alpha value is -1.78. The van der Waals surface area contributed by atoms with Gasteiger partial charge in [-0.2, -0.15) is 0 Å². The third-order valence-corrected chi connectivity index (χ3v) is 3.37. The summed E-state index contributed by atoms with van der Waals surface area (Å²) in [6.07, 6.45) is 0. The van der Waals surface area contributed by atoms with E-state index in [9.17, 15) is 4.39 Å². The summed E-state index contributed by atoms with van der Waals surface area (Å²) in [7, 11) is 0. The third-order valence-electron chi connectivity index (χ3n) is 2.63. The summed E-state index contributed by atoms with van der Waals surface area (Å²) in [6.45, 7) is 0. The topological polar surface area (TPSA) is 40.7 Å². The molecule has 0 amide bonds. The highest BCUT2D eigenvalue weighted by atomic mass is 35.5. The van der Waals surface area contributed by atoms with E-state index in [1.807, 2.05) is 0 Å². The van der Waals surface area contributed by atoms with E-state index in [1.165, 1.54) is 12.1 Å². The van der Waals surface area contributed by atoms with Crippen molar-refractivity contribution in [2.24, 2.45) is 0 Å². The first-order chi connectivity index (χ1) is 9.11. The van der Waals surface area contributed by atoms with Gasteiger partial charge in [-0.25, -0.2) is 9.37 Å². The molecule has 19 heavy (non-hydrogen) atoms. The summed E-state index contributed by atoms with van der Waals surface area (Å²) in [6, 6.07) is 9.53. The molecule has 3 nitrogen and oxygen atoms in total. The van der Waals surface area contributed by atoms with Crippen molar-refractivity contribution in [3.8, 4) is 0 Å². The fourth-order valence-corrected chi connectivity index (χ4v) is 2.05. The van der Waals surface area contributed by atoms with Gasteiger partial charge in [0.25, 0.3) is 0 Å². The number of halogens is 3. The fraction of sp³-hybridized carbons (Fsp3) is 0. The lowest BCUT2D eigenvalue weighted by Crippen LogP contribution is -1.91. The first-order valence-electron chi connectivity index (χ1n) is 5.49. The van der Waals surface area contributed by atoms with E-state index in [0.29, 0.717) is 27.0 Å². The van der Waals surface area contributed by atoms with Gasteiger partial charge in [-0.3, -0.25) is 0 Å². The lowest BCUT2D eigenvalue weighted by Gasteiger charge is -2.03. The minimum Gasteiger partial charge on any atom is -0.326 e. The predicted molar refractivity (Wildman–Crippen MR) is 75.8 cm³/mol. The number of rotatable bonds is 2. The van der Waals surface area contributed by atoms with Gasteiger partial charge in [0.15, 0.2) is 0 Å². The molecule has 0 fully saturated rings. The highest BCUT2D eigenvalue weighted by Gasteiger charge is 2.05. The van der Waals surface area contributed by atoms with Crippen LogP contribution in [0, 0.1) is 5.82 Å². The third kappa shape index (κ3) is 2.50. The van der Waals surface area contributed by atoms with Crippen molar-refractivity contribution in [3.63, 3.8) is 0 Å². The lowest BCUT2D eigenvalue weighted by atomic mass is 10.3. The molecule has 0 atom stereocenters. The summed E-state index contributed by atoms with van der Waals surface area (Å²) < 4.78 is 13.1. The molecule has 3 rings (SSSR count). The van der Waals surface area contributed by atoms with Crippen molar-refractivity contribution in [2.75, 3.05) is 5.32 Å². The smallest absolute Gasteiger partial charge is 0.205 e. The Bertz CT molecular complexity index is 755. The first-order valence-corrected chi connectivity index (χ1v) is 6.25. The van der Waals surface area contributed by atoms with Crippen LogP contribution in [0.5, 0.6) is 0 Å². The number of nitrogens with zero attached hydrogens (tertiary/aromatic N) is 1. The quantitative estimate of drug-likeness (QED) is 0.716. The van der Waals surface area contributed by atoms with E-state index >= 15 is 0 Å². The van der Waals surface area contributed by atoms with Crippen LogP contribution in [-0.2, 0) is 0 Å². The molecule has 2 aromatic carbocycles. The predicted octanol–water partition coefficient (Wildman–Crippen LogP) is 4.75. The molecule has 0 spiro atoms. The Morgan fingerprint density at radius 1 is 1.05 bits per heavy atom. The van der Waals surface area contributed by atoms with Crippen LogP contribution in [0.2, 0.25) is 10.0 Å². The summed E-state index contributed by atoms with van der Waals surface area (Å²) in [5, 5.41) is 3.99. The van der Waals surface area contributed by atoms with Crippen molar-refractivity contribution in [1.29, 1.82) is 0 Å². The molecule has 0 aliphatic carbocycles. The number of fused-ring (bicyclic) bond motifs is 1. The summed E-state index contributed by atoms with van der Waals surface area (Å²) >= 11 is 11.8. The normalized spacial score (nSPS) is 10.9. The molecule has 2 N–H and O–H groups in total. The summed E-state index contributed by atoms with van der Waals surface area (Å²) in [5.74, 6) is 0.205. The van der Waals surface area contributed by atoms with Gasteiger partial charge < -0.3 is 10.3 Å². The highest BCUT2D eigenvalue weighted by molar-refractivity contribution is 6.42. The van der Waals surface area contributed by atoms with Gasteiger partial charge in [0.05, 0.1) is 21.1 Å². The van der Waals surface area contributed by atoms with Crippen molar-refractivity contribution in [2.45, 2.75) is 0 Å². The minimum absolute atomic E-state index is 0.308. The number of anilines is 2. The van der Waals surface area contributed by atoms with Gasteiger partial charge in [-0.15, -0.1) is 0 Å². The molecule has 0 bridgehead atoms. The molecule has 1 heterocycles. The van der Waals surface area contributed by atoms with Gasteiger partial charge >= 0.3 is 0 Å².